The summed E-state index contributed by atoms with van der Waals surface area (Å²) in [6, 6.07) is 3.52. The molecule has 2 aromatic rings. The number of fused-ring (bicyclic) bond motifs is 1. The summed E-state index contributed by atoms with van der Waals surface area (Å²) in [6.07, 6.45) is 5.05. The van der Waals surface area contributed by atoms with Gasteiger partial charge in [0.2, 0.25) is 0 Å². The van der Waals surface area contributed by atoms with Crippen LogP contribution in [0, 0.1) is 0 Å². The summed E-state index contributed by atoms with van der Waals surface area (Å²) in [5, 5.41) is 4.54. The van der Waals surface area contributed by atoms with E-state index in [2.05, 4.69) is 24.9 Å². The van der Waals surface area contributed by atoms with Crippen molar-refractivity contribution in [3.05, 3.63) is 40.1 Å². The zero-order valence-electron chi connectivity index (χ0n) is 14.9. The van der Waals surface area contributed by atoms with Crippen LogP contribution in [0.5, 0.6) is 0 Å². The first kappa shape index (κ1) is 16.1. The minimum atomic E-state index is -0.0473. The van der Waals surface area contributed by atoms with Gasteiger partial charge in [-0.3, -0.25) is 4.79 Å². The molecule has 25 heavy (non-hydrogen) atoms. The highest BCUT2D eigenvalue weighted by molar-refractivity contribution is 5.52. The van der Waals surface area contributed by atoms with Crippen LogP contribution >= 0.6 is 0 Å². The molecule has 1 aliphatic heterocycles. The van der Waals surface area contributed by atoms with Gasteiger partial charge < -0.3 is 9.80 Å². The number of hydrogen-bond donors (Lipinski definition) is 0. The second-order valence-electron chi connectivity index (χ2n) is 7.02. The Labute approximate surface area is 147 Å². The molecule has 0 N–H and O–H groups in total. The van der Waals surface area contributed by atoms with Gasteiger partial charge in [0, 0.05) is 43.5 Å². The van der Waals surface area contributed by atoms with Gasteiger partial charge in [0.05, 0.1) is 6.04 Å². The lowest BCUT2D eigenvalue weighted by atomic mass is 10.2. The molecule has 0 saturated carbocycles. The molecular weight excluding hydrogens is 316 g/mol. The van der Waals surface area contributed by atoms with E-state index in [9.17, 15) is 4.79 Å². The number of rotatable bonds is 3. The third kappa shape index (κ3) is 2.99. The van der Waals surface area contributed by atoms with Crippen LogP contribution in [0.4, 0.5) is 11.6 Å². The summed E-state index contributed by atoms with van der Waals surface area (Å²) in [5.74, 6) is 1.99. The molecule has 7 nitrogen and oxygen atoms in total. The van der Waals surface area contributed by atoms with Gasteiger partial charge in [-0.25, -0.2) is 14.6 Å². The van der Waals surface area contributed by atoms with Gasteiger partial charge in [0.1, 0.15) is 18.0 Å². The lowest BCUT2D eigenvalue weighted by Crippen LogP contribution is -2.48. The quantitative estimate of drug-likeness (QED) is 0.842. The first-order valence-electron chi connectivity index (χ1n) is 9.06. The van der Waals surface area contributed by atoms with Gasteiger partial charge in [0.15, 0.2) is 0 Å². The standard InChI is InChI=1S/C18H24N6O/c1-13(2)24-17(25)7-6-16(21-24)22-8-10-23(11-9-22)18-14-4-3-5-15(14)19-12-20-18/h6-7,12-13H,3-5,8-11H2,1-2H3. The third-order valence-electron chi connectivity index (χ3n) is 5.06. The van der Waals surface area contributed by atoms with Crippen LogP contribution in [-0.2, 0) is 12.8 Å². The molecule has 0 radical (unpaired) electrons. The zero-order valence-corrected chi connectivity index (χ0v) is 14.9. The van der Waals surface area contributed by atoms with Crippen molar-refractivity contribution in [2.45, 2.75) is 39.2 Å². The second kappa shape index (κ2) is 6.46. The molecule has 0 spiro atoms. The lowest BCUT2D eigenvalue weighted by Gasteiger charge is -2.36. The monoisotopic (exact) mass is 340 g/mol. The van der Waals surface area contributed by atoms with Gasteiger partial charge >= 0.3 is 0 Å². The van der Waals surface area contributed by atoms with Crippen LogP contribution < -0.4 is 15.4 Å². The van der Waals surface area contributed by atoms with Crippen LogP contribution in [0.1, 0.15) is 37.6 Å². The van der Waals surface area contributed by atoms with Gasteiger partial charge in [-0.2, -0.15) is 5.10 Å². The maximum Gasteiger partial charge on any atom is 0.267 e. The molecule has 2 aliphatic rings. The van der Waals surface area contributed by atoms with Gasteiger partial charge in [0.25, 0.3) is 5.56 Å². The van der Waals surface area contributed by atoms with Crippen LogP contribution in [0.3, 0.4) is 0 Å². The Morgan fingerprint density at radius 1 is 1.00 bits per heavy atom. The van der Waals surface area contributed by atoms with Crippen molar-refractivity contribution >= 4 is 11.6 Å². The molecule has 0 amide bonds. The van der Waals surface area contributed by atoms with Gasteiger partial charge in [-0.15, -0.1) is 0 Å². The van der Waals surface area contributed by atoms with E-state index in [0.29, 0.717) is 0 Å². The van der Waals surface area contributed by atoms with E-state index >= 15 is 0 Å². The molecule has 7 heteroatoms. The Kier molecular flexibility index (Phi) is 4.15. The summed E-state index contributed by atoms with van der Waals surface area (Å²) >= 11 is 0. The number of aromatic nitrogens is 4. The molecule has 0 bridgehead atoms. The predicted octanol–water partition coefficient (Wildman–Crippen LogP) is 1.43. The smallest absolute Gasteiger partial charge is 0.267 e. The maximum atomic E-state index is 11.9. The van der Waals surface area contributed by atoms with E-state index < -0.39 is 0 Å². The predicted molar refractivity (Wildman–Crippen MR) is 97.4 cm³/mol. The number of nitrogens with zero attached hydrogens (tertiary/aromatic N) is 6. The molecule has 1 fully saturated rings. The highest BCUT2D eigenvalue weighted by atomic mass is 16.1. The fourth-order valence-corrected chi connectivity index (χ4v) is 3.72. The summed E-state index contributed by atoms with van der Waals surface area (Å²) in [6.45, 7) is 7.53. The van der Waals surface area contributed by atoms with Crippen molar-refractivity contribution in [2.24, 2.45) is 0 Å². The van der Waals surface area contributed by atoms with Crippen molar-refractivity contribution in [1.82, 2.24) is 19.7 Å². The normalized spacial score (nSPS) is 17.2. The SMILES string of the molecule is CC(C)n1nc(N2CCN(c3ncnc4c3CCC4)CC2)ccc1=O. The molecule has 2 aromatic heterocycles. The molecule has 3 heterocycles. The molecule has 0 atom stereocenters. The summed E-state index contributed by atoms with van der Waals surface area (Å²) < 4.78 is 1.55. The fourth-order valence-electron chi connectivity index (χ4n) is 3.72. The van der Waals surface area contributed by atoms with E-state index in [0.717, 1.165) is 50.7 Å². The van der Waals surface area contributed by atoms with Crippen molar-refractivity contribution in [3.8, 4) is 0 Å². The zero-order chi connectivity index (χ0) is 17.4. The highest BCUT2D eigenvalue weighted by Gasteiger charge is 2.25. The minimum Gasteiger partial charge on any atom is -0.353 e. The van der Waals surface area contributed by atoms with Gasteiger partial charge in [-0.1, -0.05) is 0 Å². The minimum absolute atomic E-state index is 0.0473. The lowest BCUT2D eigenvalue weighted by molar-refractivity contribution is 0.497. The van der Waals surface area contributed by atoms with Crippen LogP contribution in [0.2, 0.25) is 0 Å². The largest absolute Gasteiger partial charge is 0.353 e. The van der Waals surface area contributed by atoms with Crippen molar-refractivity contribution in [2.75, 3.05) is 36.0 Å². The molecule has 0 unspecified atom stereocenters. The fraction of sp³-hybridized carbons (Fsp3) is 0.556. The molecule has 1 aliphatic carbocycles. The molecule has 0 aromatic carbocycles. The summed E-state index contributed by atoms with van der Waals surface area (Å²) in [4.78, 5) is 25.5. The van der Waals surface area contributed by atoms with E-state index in [1.807, 2.05) is 19.9 Å². The average Bonchev–Trinajstić information content (AvgIpc) is 3.11. The third-order valence-corrected chi connectivity index (χ3v) is 5.06. The van der Waals surface area contributed by atoms with Crippen molar-refractivity contribution in [1.29, 1.82) is 0 Å². The topological polar surface area (TPSA) is 67.2 Å². The first-order chi connectivity index (χ1) is 12.1. The Hall–Kier alpha value is -2.44. The Morgan fingerprint density at radius 2 is 1.76 bits per heavy atom. The van der Waals surface area contributed by atoms with E-state index in [1.165, 1.54) is 17.7 Å². The number of hydrogen-bond acceptors (Lipinski definition) is 6. The molecule has 1 saturated heterocycles. The van der Waals surface area contributed by atoms with Crippen LogP contribution in [0.15, 0.2) is 23.3 Å². The van der Waals surface area contributed by atoms with E-state index in [1.54, 1.807) is 17.1 Å². The van der Waals surface area contributed by atoms with Crippen LogP contribution in [-0.4, -0.2) is 45.9 Å². The Bertz CT molecular complexity index is 823. The van der Waals surface area contributed by atoms with Crippen LogP contribution in [0.25, 0.3) is 0 Å². The average molecular weight is 340 g/mol. The van der Waals surface area contributed by atoms with Crippen molar-refractivity contribution in [3.63, 3.8) is 0 Å². The highest BCUT2D eigenvalue weighted by Crippen LogP contribution is 2.28. The molecular formula is C18H24N6O. The van der Waals surface area contributed by atoms with E-state index in [-0.39, 0.29) is 11.6 Å². The first-order valence-corrected chi connectivity index (χ1v) is 9.06. The molecule has 132 valence electrons. The van der Waals surface area contributed by atoms with E-state index in [4.69, 9.17) is 0 Å². The summed E-state index contributed by atoms with van der Waals surface area (Å²) in [5.41, 5.74) is 2.51. The maximum absolute atomic E-state index is 11.9. The molecule has 4 rings (SSSR count). The Balaban J connectivity index is 1.50. The number of piperazine rings is 1. The summed E-state index contributed by atoms with van der Waals surface area (Å²) in [7, 11) is 0. The van der Waals surface area contributed by atoms with Gasteiger partial charge in [-0.05, 0) is 39.2 Å². The Morgan fingerprint density at radius 3 is 2.52 bits per heavy atom. The number of anilines is 2. The number of aryl methyl sites for hydroxylation is 1. The second-order valence-corrected chi connectivity index (χ2v) is 7.02. The van der Waals surface area contributed by atoms with Crippen molar-refractivity contribution < 1.29 is 0 Å².